The molecule has 0 unspecified atom stereocenters. The summed E-state index contributed by atoms with van der Waals surface area (Å²) in [7, 11) is 1.61. The SMILES string of the molecule is CN(Cc1ccccc1OCc1cn(Cc2cccs2)nn1)C(=O)c1ccc(C(=O)O)o1. The fraction of sp³-hybridized carbons (Fsp3) is 0.182. The van der Waals surface area contributed by atoms with Gasteiger partial charge in [0.25, 0.3) is 5.91 Å². The number of carbonyl (C=O) groups is 2. The first-order valence-electron chi connectivity index (χ1n) is 9.70. The van der Waals surface area contributed by atoms with E-state index in [1.165, 1.54) is 21.9 Å². The van der Waals surface area contributed by atoms with Gasteiger partial charge in [0.05, 0.1) is 12.7 Å². The molecule has 0 atom stereocenters. The van der Waals surface area contributed by atoms with Crippen LogP contribution >= 0.6 is 11.3 Å². The van der Waals surface area contributed by atoms with E-state index >= 15 is 0 Å². The molecule has 0 fully saturated rings. The Morgan fingerprint density at radius 3 is 2.72 bits per heavy atom. The maximum atomic E-state index is 12.6. The van der Waals surface area contributed by atoms with E-state index in [1.54, 1.807) is 23.1 Å². The van der Waals surface area contributed by atoms with Gasteiger partial charge in [0.15, 0.2) is 5.76 Å². The summed E-state index contributed by atoms with van der Waals surface area (Å²) in [5.74, 6) is -1.35. The third-order valence-corrected chi connectivity index (χ3v) is 5.48. The van der Waals surface area contributed by atoms with Crippen LogP contribution in [0.1, 0.15) is 37.2 Å². The van der Waals surface area contributed by atoms with Crippen molar-refractivity contribution in [2.75, 3.05) is 7.05 Å². The van der Waals surface area contributed by atoms with Crippen LogP contribution in [0.4, 0.5) is 0 Å². The van der Waals surface area contributed by atoms with Crippen LogP contribution in [0.2, 0.25) is 0 Å². The van der Waals surface area contributed by atoms with Gasteiger partial charge in [-0.05, 0) is 29.6 Å². The second-order valence-electron chi connectivity index (χ2n) is 7.01. The van der Waals surface area contributed by atoms with Crippen LogP contribution in [0.3, 0.4) is 0 Å². The second kappa shape index (κ2) is 9.48. The van der Waals surface area contributed by atoms with Crippen LogP contribution in [-0.4, -0.2) is 43.9 Å². The molecule has 4 aromatic rings. The van der Waals surface area contributed by atoms with Crippen molar-refractivity contribution in [3.8, 4) is 5.75 Å². The van der Waals surface area contributed by atoms with Crippen LogP contribution in [0.5, 0.6) is 5.75 Å². The molecule has 32 heavy (non-hydrogen) atoms. The third-order valence-electron chi connectivity index (χ3n) is 4.61. The Morgan fingerprint density at radius 2 is 1.97 bits per heavy atom. The van der Waals surface area contributed by atoms with E-state index in [9.17, 15) is 9.59 Å². The van der Waals surface area contributed by atoms with Gasteiger partial charge in [-0.3, -0.25) is 4.79 Å². The molecule has 0 saturated carbocycles. The number of hydrogen-bond acceptors (Lipinski definition) is 7. The molecule has 164 valence electrons. The van der Waals surface area contributed by atoms with Gasteiger partial charge in [0.2, 0.25) is 5.76 Å². The van der Waals surface area contributed by atoms with Crippen molar-refractivity contribution in [2.45, 2.75) is 19.7 Å². The van der Waals surface area contributed by atoms with Crippen LogP contribution in [0.15, 0.2) is 64.5 Å². The number of ether oxygens (including phenoxy) is 1. The number of para-hydroxylation sites is 1. The topological polar surface area (TPSA) is 111 Å². The van der Waals surface area contributed by atoms with Crippen molar-refractivity contribution in [1.29, 1.82) is 0 Å². The second-order valence-corrected chi connectivity index (χ2v) is 8.05. The Morgan fingerprint density at radius 1 is 1.16 bits per heavy atom. The van der Waals surface area contributed by atoms with Gasteiger partial charge in [-0.2, -0.15) is 0 Å². The maximum Gasteiger partial charge on any atom is 0.371 e. The molecular formula is C22H20N4O5S. The molecule has 1 N–H and O–H groups in total. The molecule has 0 aliphatic carbocycles. The summed E-state index contributed by atoms with van der Waals surface area (Å²) >= 11 is 1.66. The third kappa shape index (κ3) is 5.03. The standard InChI is InChI=1S/C22H20N4O5S/c1-25(21(27)19-8-9-20(31-19)22(28)29)11-15-5-2-3-7-18(15)30-14-16-12-26(24-23-16)13-17-6-4-10-32-17/h2-10,12H,11,13-14H2,1H3,(H,28,29). The largest absolute Gasteiger partial charge is 0.487 e. The molecule has 3 aromatic heterocycles. The van der Waals surface area contributed by atoms with Gasteiger partial charge in [0.1, 0.15) is 18.1 Å². The number of hydrogen-bond donors (Lipinski definition) is 1. The lowest BCUT2D eigenvalue weighted by Gasteiger charge is -2.18. The molecule has 1 aromatic carbocycles. The average molecular weight is 452 g/mol. The number of carbonyl (C=O) groups excluding carboxylic acids is 1. The molecule has 0 spiro atoms. The number of benzene rings is 1. The number of aromatic nitrogens is 3. The van der Waals surface area contributed by atoms with E-state index in [1.807, 2.05) is 48.0 Å². The van der Waals surface area contributed by atoms with Crippen LogP contribution in [0, 0.1) is 0 Å². The zero-order valence-corrected chi connectivity index (χ0v) is 18.0. The normalized spacial score (nSPS) is 10.8. The van der Waals surface area contributed by atoms with Crippen LogP contribution < -0.4 is 4.74 Å². The minimum absolute atomic E-state index is 0.0364. The molecule has 0 saturated heterocycles. The van der Waals surface area contributed by atoms with E-state index in [-0.39, 0.29) is 24.7 Å². The van der Waals surface area contributed by atoms with Gasteiger partial charge < -0.3 is 19.2 Å². The lowest BCUT2D eigenvalue weighted by atomic mass is 10.2. The summed E-state index contributed by atoms with van der Waals surface area (Å²) in [6.45, 7) is 1.15. The first-order valence-corrected chi connectivity index (χ1v) is 10.6. The average Bonchev–Trinajstić information content (AvgIpc) is 3.55. The molecular weight excluding hydrogens is 432 g/mol. The fourth-order valence-electron chi connectivity index (χ4n) is 3.05. The van der Waals surface area contributed by atoms with Crippen molar-refractivity contribution in [1.82, 2.24) is 19.9 Å². The highest BCUT2D eigenvalue weighted by molar-refractivity contribution is 7.09. The van der Waals surface area contributed by atoms with Gasteiger partial charge in [-0.25, -0.2) is 9.48 Å². The van der Waals surface area contributed by atoms with E-state index in [2.05, 4.69) is 10.3 Å². The predicted molar refractivity (Wildman–Crippen MR) is 116 cm³/mol. The van der Waals surface area contributed by atoms with Crippen molar-refractivity contribution >= 4 is 23.2 Å². The smallest absolute Gasteiger partial charge is 0.371 e. The number of amides is 1. The Kier molecular flexibility index (Phi) is 6.31. The summed E-state index contributed by atoms with van der Waals surface area (Å²) in [6.07, 6.45) is 1.84. The summed E-state index contributed by atoms with van der Waals surface area (Å²) in [6, 6.07) is 14.0. The molecule has 1 amide bonds. The van der Waals surface area contributed by atoms with E-state index in [0.717, 1.165) is 5.56 Å². The van der Waals surface area contributed by atoms with Gasteiger partial charge in [-0.15, -0.1) is 16.4 Å². The van der Waals surface area contributed by atoms with Crippen LogP contribution in [-0.2, 0) is 19.7 Å². The minimum atomic E-state index is -1.22. The number of carboxylic acid groups (broad SMARTS) is 1. The summed E-state index contributed by atoms with van der Waals surface area (Å²) in [5, 5.41) is 19.3. The van der Waals surface area contributed by atoms with E-state index in [4.69, 9.17) is 14.3 Å². The zero-order valence-electron chi connectivity index (χ0n) is 17.2. The van der Waals surface area contributed by atoms with Crippen molar-refractivity contribution in [2.24, 2.45) is 0 Å². The molecule has 9 nitrogen and oxygen atoms in total. The fourth-order valence-corrected chi connectivity index (χ4v) is 3.75. The lowest BCUT2D eigenvalue weighted by Crippen LogP contribution is -2.26. The minimum Gasteiger partial charge on any atom is -0.487 e. The van der Waals surface area contributed by atoms with Crippen molar-refractivity contribution < 1.29 is 23.8 Å². The van der Waals surface area contributed by atoms with Gasteiger partial charge in [-0.1, -0.05) is 29.5 Å². The molecule has 4 rings (SSSR count). The Labute approximate surface area is 187 Å². The maximum absolute atomic E-state index is 12.6. The Balaban J connectivity index is 1.38. The first kappa shape index (κ1) is 21.3. The molecule has 3 heterocycles. The Bertz CT molecular complexity index is 1210. The van der Waals surface area contributed by atoms with E-state index < -0.39 is 11.9 Å². The number of nitrogens with zero attached hydrogens (tertiary/aromatic N) is 4. The van der Waals surface area contributed by atoms with E-state index in [0.29, 0.717) is 18.0 Å². The quantitative estimate of drug-likeness (QED) is 0.414. The summed E-state index contributed by atoms with van der Waals surface area (Å²) < 4.78 is 12.8. The molecule has 0 aliphatic heterocycles. The molecule has 10 heteroatoms. The first-order chi connectivity index (χ1) is 15.5. The van der Waals surface area contributed by atoms with Gasteiger partial charge in [0, 0.05) is 24.0 Å². The number of aromatic carboxylic acids is 1. The molecule has 0 bridgehead atoms. The molecule has 0 aliphatic rings. The highest BCUT2D eigenvalue weighted by Gasteiger charge is 2.19. The number of carboxylic acids is 1. The zero-order chi connectivity index (χ0) is 22.5. The van der Waals surface area contributed by atoms with Crippen LogP contribution in [0.25, 0.3) is 0 Å². The Hall–Kier alpha value is -3.92. The van der Waals surface area contributed by atoms with Crippen molar-refractivity contribution in [3.05, 3.63) is 87.8 Å². The molecule has 0 radical (unpaired) electrons. The number of rotatable bonds is 9. The van der Waals surface area contributed by atoms with Crippen molar-refractivity contribution in [3.63, 3.8) is 0 Å². The number of furan rings is 1. The summed E-state index contributed by atoms with van der Waals surface area (Å²) in [4.78, 5) is 26.2. The highest BCUT2D eigenvalue weighted by atomic mass is 32.1. The number of thiophene rings is 1. The monoisotopic (exact) mass is 452 g/mol. The highest BCUT2D eigenvalue weighted by Crippen LogP contribution is 2.22. The van der Waals surface area contributed by atoms with Gasteiger partial charge >= 0.3 is 5.97 Å². The summed E-state index contributed by atoms with van der Waals surface area (Å²) in [5.41, 5.74) is 1.48. The predicted octanol–water partition coefficient (Wildman–Crippen LogP) is 3.53. The lowest BCUT2D eigenvalue weighted by molar-refractivity contribution is 0.0652.